The molecule has 3 rings (SSSR count). The highest BCUT2D eigenvalue weighted by molar-refractivity contribution is 7.92. The molecule has 0 radical (unpaired) electrons. The minimum atomic E-state index is -4.22. The second-order valence-electron chi connectivity index (χ2n) is 4.91. The zero-order valence-corrected chi connectivity index (χ0v) is 14.2. The molecule has 8 nitrogen and oxygen atoms in total. The molecule has 0 atom stereocenters. The fourth-order valence-corrected chi connectivity index (χ4v) is 3.56. The molecule has 3 aromatic rings. The summed E-state index contributed by atoms with van der Waals surface area (Å²) in [5.74, 6) is 0.126. The summed E-state index contributed by atoms with van der Waals surface area (Å²) in [6.07, 6.45) is 1.38. The Hall–Kier alpha value is -2.52. The number of pyridine rings is 1. The standard InChI is InChI=1S/C14H12ClN3O5S/c1-18-7-8(22-2)6-11(14(18)19)24(20,21)17-13-12-9(15)4-3-5-10(12)23-16-13/h3-7H,1-2H3,(H,16,17). The van der Waals surface area contributed by atoms with E-state index in [1.165, 1.54) is 20.4 Å². The van der Waals surface area contributed by atoms with Gasteiger partial charge in [-0.1, -0.05) is 22.8 Å². The molecule has 0 fully saturated rings. The van der Waals surface area contributed by atoms with Crippen LogP contribution in [-0.2, 0) is 17.1 Å². The third-order valence-electron chi connectivity index (χ3n) is 3.33. The van der Waals surface area contributed by atoms with Crippen molar-refractivity contribution >= 4 is 38.4 Å². The maximum Gasteiger partial charge on any atom is 0.271 e. The number of hydrogen-bond acceptors (Lipinski definition) is 6. The number of rotatable bonds is 4. The van der Waals surface area contributed by atoms with Crippen molar-refractivity contribution in [3.05, 3.63) is 45.8 Å². The van der Waals surface area contributed by atoms with Crippen molar-refractivity contribution in [3.63, 3.8) is 0 Å². The number of aromatic nitrogens is 2. The van der Waals surface area contributed by atoms with Crippen molar-refractivity contribution in [2.24, 2.45) is 7.05 Å². The Morgan fingerprint density at radius 2 is 2.12 bits per heavy atom. The molecule has 0 spiro atoms. The minimum absolute atomic E-state index is 0.0968. The van der Waals surface area contributed by atoms with E-state index in [1.807, 2.05) is 0 Å². The number of halogens is 1. The maximum absolute atomic E-state index is 12.6. The molecule has 24 heavy (non-hydrogen) atoms. The summed E-state index contributed by atoms with van der Waals surface area (Å²) in [5.41, 5.74) is -0.388. The van der Waals surface area contributed by atoms with Crippen LogP contribution in [0, 0.1) is 0 Å². The van der Waals surface area contributed by atoms with Gasteiger partial charge >= 0.3 is 0 Å². The Labute approximate surface area is 141 Å². The van der Waals surface area contributed by atoms with Crippen LogP contribution in [0.4, 0.5) is 5.82 Å². The van der Waals surface area contributed by atoms with E-state index in [1.54, 1.807) is 18.2 Å². The van der Waals surface area contributed by atoms with Gasteiger partial charge in [0.2, 0.25) is 0 Å². The van der Waals surface area contributed by atoms with Gasteiger partial charge in [-0.3, -0.25) is 9.52 Å². The average Bonchev–Trinajstić information content (AvgIpc) is 2.93. The predicted octanol–water partition coefficient (Wildman–Crippen LogP) is 1.99. The molecule has 0 unspecified atom stereocenters. The lowest BCUT2D eigenvalue weighted by Crippen LogP contribution is -2.27. The first-order valence-corrected chi connectivity index (χ1v) is 8.51. The molecule has 2 aromatic heterocycles. The molecule has 126 valence electrons. The van der Waals surface area contributed by atoms with Crippen molar-refractivity contribution in [3.8, 4) is 5.75 Å². The van der Waals surface area contributed by atoms with Crippen LogP contribution in [0.1, 0.15) is 0 Å². The van der Waals surface area contributed by atoms with Crippen LogP contribution in [0.2, 0.25) is 5.02 Å². The fourth-order valence-electron chi connectivity index (χ4n) is 2.16. The van der Waals surface area contributed by atoms with E-state index in [0.29, 0.717) is 11.0 Å². The van der Waals surface area contributed by atoms with E-state index in [0.717, 1.165) is 10.6 Å². The Morgan fingerprint density at radius 1 is 1.38 bits per heavy atom. The molecular formula is C14H12ClN3O5S. The topological polar surface area (TPSA) is 103 Å². The fraction of sp³-hybridized carbons (Fsp3) is 0.143. The number of benzene rings is 1. The number of sulfonamides is 1. The summed E-state index contributed by atoms with van der Waals surface area (Å²) in [6, 6.07) is 5.94. The number of ether oxygens (including phenoxy) is 1. The van der Waals surface area contributed by atoms with E-state index >= 15 is 0 Å². The van der Waals surface area contributed by atoms with Gasteiger partial charge < -0.3 is 13.8 Å². The molecule has 0 saturated carbocycles. The third kappa shape index (κ3) is 2.72. The summed E-state index contributed by atoms with van der Waals surface area (Å²) in [7, 11) is -1.43. The predicted molar refractivity (Wildman–Crippen MR) is 88.1 cm³/mol. The molecule has 0 bridgehead atoms. The minimum Gasteiger partial charge on any atom is -0.495 e. The van der Waals surface area contributed by atoms with Crippen LogP contribution in [0.5, 0.6) is 5.75 Å². The van der Waals surface area contributed by atoms with Crippen LogP contribution < -0.4 is 15.0 Å². The van der Waals surface area contributed by atoms with E-state index in [-0.39, 0.29) is 16.6 Å². The molecule has 0 aliphatic heterocycles. The smallest absolute Gasteiger partial charge is 0.271 e. The van der Waals surface area contributed by atoms with E-state index < -0.39 is 20.5 Å². The van der Waals surface area contributed by atoms with Crippen LogP contribution >= 0.6 is 11.6 Å². The lowest BCUT2D eigenvalue weighted by molar-refractivity contribution is 0.407. The largest absolute Gasteiger partial charge is 0.495 e. The molecule has 1 N–H and O–H groups in total. The van der Waals surface area contributed by atoms with Crippen molar-refractivity contribution in [1.29, 1.82) is 0 Å². The SMILES string of the molecule is COc1cc(S(=O)(=O)Nc2noc3cccc(Cl)c23)c(=O)n(C)c1. The van der Waals surface area contributed by atoms with Gasteiger partial charge in [0, 0.05) is 19.3 Å². The lowest BCUT2D eigenvalue weighted by Gasteiger charge is -2.09. The van der Waals surface area contributed by atoms with Gasteiger partial charge in [-0.15, -0.1) is 0 Å². The van der Waals surface area contributed by atoms with Gasteiger partial charge in [-0.2, -0.15) is 0 Å². The molecule has 1 aromatic carbocycles. The Balaban J connectivity index is 2.12. The zero-order chi connectivity index (χ0) is 17.5. The highest BCUT2D eigenvalue weighted by atomic mass is 35.5. The average molecular weight is 370 g/mol. The molecule has 0 aliphatic rings. The van der Waals surface area contributed by atoms with Gasteiger partial charge in [0.05, 0.1) is 17.5 Å². The number of methoxy groups -OCH3 is 1. The van der Waals surface area contributed by atoms with Crippen molar-refractivity contribution in [1.82, 2.24) is 9.72 Å². The first-order valence-electron chi connectivity index (χ1n) is 6.65. The van der Waals surface area contributed by atoms with Crippen LogP contribution in [-0.4, -0.2) is 25.3 Å². The summed E-state index contributed by atoms with van der Waals surface area (Å²) < 4.78 is 38.6. The molecule has 2 heterocycles. The van der Waals surface area contributed by atoms with Gasteiger partial charge in [0.15, 0.2) is 16.3 Å². The summed E-state index contributed by atoms with van der Waals surface area (Å²) >= 11 is 6.06. The van der Waals surface area contributed by atoms with E-state index in [9.17, 15) is 13.2 Å². The number of hydrogen-bond donors (Lipinski definition) is 1. The highest BCUT2D eigenvalue weighted by Crippen LogP contribution is 2.31. The zero-order valence-electron chi connectivity index (χ0n) is 12.6. The second kappa shape index (κ2) is 5.84. The van der Waals surface area contributed by atoms with E-state index in [4.69, 9.17) is 20.9 Å². The summed E-state index contributed by atoms with van der Waals surface area (Å²) in [5, 5.41) is 4.25. The first-order chi connectivity index (χ1) is 11.3. The van der Waals surface area contributed by atoms with E-state index in [2.05, 4.69) is 9.88 Å². The lowest BCUT2D eigenvalue weighted by atomic mass is 10.2. The quantitative estimate of drug-likeness (QED) is 0.754. The normalized spacial score (nSPS) is 11.6. The third-order valence-corrected chi connectivity index (χ3v) is 4.98. The first kappa shape index (κ1) is 16.3. The molecule has 10 heteroatoms. The van der Waals surface area contributed by atoms with Crippen LogP contribution in [0.3, 0.4) is 0 Å². The maximum atomic E-state index is 12.6. The summed E-state index contributed by atoms with van der Waals surface area (Å²) in [6.45, 7) is 0. The Morgan fingerprint density at radius 3 is 2.83 bits per heavy atom. The van der Waals surface area contributed by atoms with Gasteiger partial charge in [0.1, 0.15) is 5.75 Å². The van der Waals surface area contributed by atoms with Crippen LogP contribution in [0.15, 0.2) is 44.7 Å². The molecule has 0 saturated heterocycles. The monoisotopic (exact) mass is 369 g/mol. The number of anilines is 1. The summed E-state index contributed by atoms with van der Waals surface area (Å²) in [4.78, 5) is 11.7. The van der Waals surface area contributed by atoms with Crippen LogP contribution in [0.25, 0.3) is 11.0 Å². The van der Waals surface area contributed by atoms with Crippen molar-refractivity contribution < 1.29 is 17.7 Å². The number of fused-ring (bicyclic) bond motifs is 1. The Bertz CT molecular complexity index is 1090. The van der Waals surface area contributed by atoms with Crippen molar-refractivity contribution in [2.75, 3.05) is 11.8 Å². The second-order valence-corrected chi connectivity index (χ2v) is 6.97. The highest BCUT2D eigenvalue weighted by Gasteiger charge is 2.24. The number of nitrogens with one attached hydrogen (secondary N) is 1. The number of aryl methyl sites for hydroxylation is 1. The molecule has 0 amide bonds. The van der Waals surface area contributed by atoms with Crippen molar-refractivity contribution in [2.45, 2.75) is 4.90 Å². The van der Waals surface area contributed by atoms with Gasteiger partial charge in [-0.25, -0.2) is 8.42 Å². The number of nitrogens with zero attached hydrogens (tertiary/aromatic N) is 2. The molecular weight excluding hydrogens is 358 g/mol. The molecule has 0 aliphatic carbocycles. The van der Waals surface area contributed by atoms with Gasteiger partial charge in [0.25, 0.3) is 15.6 Å². The van der Waals surface area contributed by atoms with Gasteiger partial charge in [-0.05, 0) is 12.1 Å². The Kier molecular flexibility index (Phi) is 3.98.